The van der Waals surface area contributed by atoms with Gasteiger partial charge in [-0.2, -0.15) is 0 Å². The summed E-state index contributed by atoms with van der Waals surface area (Å²) in [6.45, 7) is 1.39. The van der Waals surface area contributed by atoms with E-state index in [4.69, 9.17) is 6.42 Å². The molecule has 2 fully saturated rings. The molecule has 6 rings (SSSR count). The Hall–Kier alpha value is -3.48. The number of anilines is 1. The summed E-state index contributed by atoms with van der Waals surface area (Å²) in [7, 11) is 1.50. The van der Waals surface area contributed by atoms with Crippen LogP contribution in [0, 0.1) is 24.0 Å². The monoisotopic (exact) mass is 550 g/mol. The van der Waals surface area contributed by atoms with Gasteiger partial charge in [-0.3, -0.25) is 9.78 Å². The molecule has 182 valence electrons. The van der Waals surface area contributed by atoms with Crippen LogP contribution in [0.15, 0.2) is 39.7 Å². The van der Waals surface area contributed by atoms with Crippen molar-refractivity contribution < 1.29 is 13.9 Å². The Morgan fingerprint density at radius 2 is 1.94 bits per heavy atom. The lowest BCUT2D eigenvalue weighted by molar-refractivity contribution is 0.466. The standard InChI is InChI=1S/C27H21BrF2N4O2/c1-3-17-20(29)7-4-13-8-16(35)9-18(21(13)17)24-23(30)26-19(10-31-24)25(22(28)27(36)33(26)2)34-11-14-5-6-15(12-34)32-14/h1,4,7-10,14-15,32,35H,5-6,11-12H2,2H3. The Bertz CT molecular complexity index is 1680. The van der Waals surface area contributed by atoms with Crippen molar-refractivity contribution >= 4 is 43.3 Å². The fourth-order valence-corrected chi connectivity index (χ4v) is 6.41. The second-order valence-electron chi connectivity index (χ2n) is 9.41. The third-order valence-corrected chi connectivity index (χ3v) is 7.98. The van der Waals surface area contributed by atoms with E-state index in [9.17, 15) is 14.3 Å². The van der Waals surface area contributed by atoms with Crippen molar-refractivity contribution in [1.82, 2.24) is 14.9 Å². The van der Waals surface area contributed by atoms with Crippen LogP contribution < -0.4 is 15.8 Å². The normalized spacial score (nSPS) is 19.2. The van der Waals surface area contributed by atoms with Gasteiger partial charge in [0.15, 0.2) is 5.82 Å². The predicted molar refractivity (Wildman–Crippen MR) is 139 cm³/mol. The lowest BCUT2D eigenvalue weighted by Gasteiger charge is -2.35. The number of nitrogens with zero attached hydrogens (tertiary/aromatic N) is 3. The summed E-state index contributed by atoms with van der Waals surface area (Å²) in [6, 6.07) is 6.04. The number of terminal acetylenes is 1. The summed E-state index contributed by atoms with van der Waals surface area (Å²) in [6.07, 6.45) is 9.23. The molecule has 6 nitrogen and oxygen atoms in total. The van der Waals surface area contributed by atoms with Crippen molar-refractivity contribution in [2.24, 2.45) is 7.05 Å². The van der Waals surface area contributed by atoms with E-state index in [-0.39, 0.29) is 39.0 Å². The van der Waals surface area contributed by atoms with E-state index in [0.717, 1.165) is 12.8 Å². The molecule has 2 bridgehead atoms. The van der Waals surface area contributed by atoms with Gasteiger partial charge in [-0.25, -0.2) is 8.78 Å². The molecular formula is C27H21BrF2N4O2. The fraction of sp³-hybridized carbons (Fsp3) is 0.259. The second kappa shape index (κ2) is 8.29. The molecule has 2 aliphatic heterocycles. The van der Waals surface area contributed by atoms with Gasteiger partial charge in [-0.1, -0.05) is 12.0 Å². The van der Waals surface area contributed by atoms with E-state index in [1.807, 2.05) is 0 Å². The zero-order chi connectivity index (χ0) is 25.3. The van der Waals surface area contributed by atoms with Crippen LogP contribution >= 0.6 is 15.9 Å². The average molecular weight is 551 g/mol. The number of pyridine rings is 2. The Morgan fingerprint density at radius 3 is 2.64 bits per heavy atom. The minimum absolute atomic E-state index is 0.0505. The van der Waals surface area contributed by atoms with Gasteiger partial charge < -0.3 is 19.9 Å². The van der Waals surface area contributed by atoms with Crippen molar-refractivity contribution in [2.75, 3.05) is 18.0 Å². The molecule has 0 spiro atoms. The van der Waals surface area contributed by atoms with Gasteiger partial charge in [-0.15, -0.1) is 6.42 Å². The highest BCUT2D eigenvalue weighted by atomic mass is 79.9. The van der Waals surface area contributed by atoms with Gasteiger partial charge >= 0.3 is 0 Å². The Labute approximate surface area is 213 Å². The van der Waals surface area contributed by atoms with E-state index in [1.165, 1.54) is 42.1 Å². The van der Waals surface area contributed by atoms with Crippen LogP contribution in [0.1, 0.15) is 18.4 Å². The molecule has 9 heteroatoms. The van der Waals surface area contributed by atoms with Gasteiger partial charge in [-0.05, 0) is 52.4 Å². The molecule has 2 unspecified atom stereocenters. The molecule has 2 atom stereocenters. The molecule has 2 aromatic heterocycles. The quantitative estimate of drug-likeness (QED) is 0.361. The number of halogens is 3. The molecule has 0 aliphatic carbocycles. The minimum atomic E-state index is -0.752. The van der Waals surface area contributed by atoms with Crippen molar-refractivity contribution in [3.63, 3.8) is 0 Å². The maximum atomic E-state index is 16.3. The van der Waals surface area contributed by atoms with Crippen LogP contribution in [0.25, 0.3) is 32.9 Å². The zero-order valence-electron chi connectivity index (χ0n) is 19.3. The highest BCUT2D eigenvalue weighted by Crippen LogP contribution is 2.40. The predicted octanol–water partition coefficient (Wildman–Crippen LogP) is 4.42. The first-order chi connectivity index (χ1) is 17.3. The van der Waals surface area contributed by atoms with Crippen LogP contribution in [0.3, 0.4) is 0 Å². The maximum Gasteiger partial charge on any atom is 0.267 e. The lowest BCUT2D eigenvalue weighted by atomic mass is 9.95. The number of phenols is 1. The van der Waals surface area contributed by atoms with E-state index in [1.54, 1.807) is 0 Å². The number of aromatic nitrogens is 2. The Balaban J connectivity index is 1.65. The van der Waals surface area contributed by atoms with E-state index >= 15 is 4.39 Å². The number of piperazine rings is 1. The molecule has 2 N–H and O–H groups in total. The average Bonchev–Trinajstić information content (AvgIpc) is 3.20. The Morgan fingerprint density at radius 1 is 1.22 bits per heavy atom. The van der Waals surface area contributed by atoms with Crippen molar-refractivity contribution in [3.8, 4) is 29.4 Å². The van der Waals surface area contributed by atoms with Crippen molar-refractivity contribution in [3.05, 3.63) is 62.5 Å². The van der Waals surface area contributed by atoms with E-state index < -0.39 is 11.6 Å². The summed E-state index contributed by atoms with van der Waals surface area (Å²) in [5.74, 6) is 0.808. The molecule has 4 aromatic rings. The van der Waals surface area contributed by atoms with Crippen LogP contribution in [0.5, 0.6) is 5.75 Å². The topological polar surface area (TPSA) is 70.4 Å². The first-order valence-electron chi connectivity index (χ1n) is 11.6. The lowest BCUT2D eigenvalue weighted by Crippen LogP contribution is -2.51. The molecule has 0 radical (unpaired) electrons. The molecule has 0 saturated carbocycles. The minimum Gasteiger partial charge on any atom is -0.508 e. The van der Waals surface area contributed by atoms with Gasteiger partial charge in [0.25, 0.3) is 5.56 Å². The van der Waals surface area contributed by atoms with E-state index in [2.05, 4.69) is 37.1 Å². The summed E-state index contributed by atoms with van der Waals surface area (Å²) >= 11 is 3.46. The zero-order valence-corrected chi connectivity index (χ0v) is 20.9. The van der Waals surface area contributed by atoms with Crippen molar-refractivity contribution in [1.29, 1.82) is 0 Å². The maximum absolute atomic E-state index is 16.3. The van der Waals surface area contributed by atoms with Crippen LogP contribution in [-0.4, -0.2) is 39.8 Å². The number of fused-ring (bicyclic) bond motifs is 4. The molecule has 0 amide bonds. The summed E-state index contributed by atoms with van der Waals surface area (Å²) < 4.78 is 32.5. The van der Waals surface area contributed by atoms with Crippen LogP contribution in [0.2, 0.25) is 0 Å². The second-order valence-corrected chi connectivity index (χ2v) is 10.2. The largest absolute Gasteiger partial charge is 0.508 e. The fourth-order valence-electron chi connectivity index (χ4n) is 5.68. The Kier molecular flexibility index (Phi) is 5.28. The molecule has 2 aromatic carbocycles. The smallest absolute Gasteiger partial charge is 0.267 e. The van der Waals surface area contributed by atoms with E-state index in [0.29, 0.717) is 46.1 Å². The van der Waals surface area contributed by atoms with Gasteiger partial charge in [0.05, 0.1) is 16.8 Å². The molecule has 2 aliphatic rings. The highest BCUT2D eigenvalue weighted by molar-refractivity contribution is 9.10. The highest BCUT2D eigenvalue weighted by Gasteiger charge is 2.35. The molecular weight excluding hydrogens is 530 g/mol. The number of aromatic hydroxyl groups is 1. The molecule has 36 heavy (non-hydrogen) atoms. The summed E-state index contributed by atoms with van der Waals surface area (Å²) in [4.78, 5) is 19.8. The van der Waals surface area contributed by atoms with Gasteiger partial charge in [0.1, 0.15) is 21.7 Å². The summed E-state index contributed by atoms with van der Waals surface area (Å²) in [5, 5.41) is 15.1. The van der Waals surface area contributed by atoms with Gasteiger partial charge in [0, 0.05) is 54.8 Å². The number of nitrogens with one attached hydrogen (secondary N) is 1. The number of phenolic OH excluding ortho intramolecular Hbond substituents is 1. The number of hydrogen-bond acceptors (Lipinski definition) is 5. The molecule has 4 heterocycles. The number of hydrogen-bond donors (Lipinski definition) is 2. The number of rotatable bonds is 2. The SMILES string of the molecule is C#Cc1c(F)ccc2cc(O)cc(-c3ncc4c(N5CC6CCC(C5)N6)c(Br)c(=O)n(C)c4c3F)c12. The number of benzene rings is 2. The third kappa shape index (κ3) is 3.32. The first-order valence-corrected chi connectivity index (χ1v) is 12.4. The van der Waals surface area contributed by atoms with Crippen molar-refractivity contribution in [2.45, 2.75) is 24.9 Å². The van der Waals surface area contributed by atoms with Gasteiger partial charge in [0.2, 0.25) is 0 Å². The molecule has 2 saturated heterocycles. The summed E-state index contributed by atoms with van der Waals surface area (Å²) in [5.41, 5.74) is 0.272. The van der Waals surface area contributed by atoms with Crippen LogP contribution in [-0.2, 0) is 7.05 Å². The van der Waals surface area contributed by atoms with Crippen LogP contribution in [0.4, 0.5) is 14.5 Å². The first kappa shape index (κ1) is 23.0. The third-order valence-electron chi connectivity index (χ3n) is 7.27. The number of aryl methyl sites for hydroxylation is 1.